The van der Waals surface area contributed by atoms with Gasteiger partial charge < -0.3 is 10.5 Å². The van der Waals surface area contributed by atoms with Gasteiger partial charge in [0.1, 0.15) is 5.75 Å². The first-order valence-corrected chi connectivity index (χ1v) is 6.42. The molecule has 0 aromatic heterocycles. The Kier molecular flexibility index (Phi) is 4.23. The fraction of sp³-hybridized carbons (Fsp3) is 0.250. The molecule has 0 aliphatic rings. The average molecular weight is 295 g/mol. The molecule has 0 atom stereocenters. The van der Waals surface area contributed by atoms with Gasteiger partial charge in [0.25, 0.3) is 0 Å². The number of aryl methyl sites for hydroxylation is 1. The summed E-state index contributed by atoms with van der Waals surface area (Å²) in [4.78, 5) is 0. The van der Waals surface area contributed by atoms with Crippen LogP contribution >= 0.6 is 0 Å². The van der Waals surface area contributed by atoms with Gasteiger partial charge in [0.2, 0.25) is 0 Å². The van der Waals surface area contributed by atoms with Crippen molar-refractivity contribution in [2.75, 3.05) is 7.11 Å². The highest BCUT2D eigenvalue weighted by Crippen LogP contribution is 2.38. The number of hydrogen-bond acceptors (Lipinski definition) is 2. The summed E-state index contributed by atoms with van der Waals surface area (Å²) in [6.45, 7) is 1.99. The minimum atomic E-state index is -4.40. The largest absolute Gasteiger partial charge is 0.496 e. The molecule has 112 valence electrons. The van der Waals surface area contributed by atoms with E-state index in [9.17, 15) is 13.2 Å². The van der Waals surface area contributed by atoms with Crippen molar-refractivity contribution in [2.24, 2.45) is 5.73 Å². The van der Waals surface area contributed by atoms with Gasteiger partial charge in [-0.2, -0.15) is 13.2 Å². The van der Waals surface area contributed by atoms with Gasteiger partial charge in [-0.1, -0.05) is 18.2 Å². The van der Waals surface area contributed by atoms with Gasteiger partial charge in [-0.15, -0.1) is 0 Å². The molecule has 0 aliphatic heterocycles. The van der Waals surface area contributed by atoms with E-state index >= 15 is 0 Å². The monoisotopic (exact) mass is 295 g/mol. The second-order valence-electron chi connectivity index (χ2n) is 4.73. The highest BCUT2D eigenvalue weighted by atomic mass is 19.4. The van der Waals surface area contributed by atoms with Gasteiger partial charge in [0, 0.05) is 12.1 Å². The lowest BCUT2D eigenvalue weighted by molar-refractivity contribution is -0.137. The van der Waals surface area contributed by atoms with Crippen LogP contribution in [-0.2, 0) is 12.7 Å². The molecule has 2 aromatic carbocycles. The van der Waals surface area contributed by atoms with Crippen LogP contribution < -0.4 is 10.5 Å². The topological polar surface area (TPSA) is 35.2 Å². The summed E-state index contributed by atoms with van der Waals surface area (Å²) in [5.41, 5.74) is 7.08. The van der Waals surface area contributed by atoms with E-state index in [2.05, 4.69) is 0 Å². The third-order valence-electron chi connectivity index (χ3n) is 3.32. The molecule has 0 unspecified atom stereocenters. The lowest BCUT2D eigenvalue weighted by Crippen LogP contribution is -2.08. The quantitative estimate of drug-likeness (QED) is 0.923. The number of nitrogens with two attached hydrogens (primary N) is 1. The number of methoxy groups -OCH3 is 1. The van der Waals surface area contributed by atoms with E-state index in [4.69, 9.17) is 10.5 Å². The van der Waals surface area contributed by atoms with E-state index in [1.807, 2.05) is 0 Å². The van der Waals surface area contributed by atoms with Crippen LogP contribution in [0.2, 0.25) is 0 Å². The minimum absolute atomic E-state index is 0.144. The molecule has 0 spiro atoms. The maximum Gasteiger partial charge on any atom is 0.417 e. The summed E-state index contributed by atoms with van der Waals surface area (Å²) in [6.07, 6.45) is -4.40. The smallest absolute Gasteiger partial charge is 0.417 e. The number of halogens is 3. The van der Waals surface area contributed by atoms with Gasteiger partial charge in [-0.05, 0) is 41.8 Å². The highest BCUT2D eigenvalue weighted by molar-refractivity contribution is 5.71. The normalized spacial score (nSPS) is 11.5. The van der Waals surface area contributed by atoms with Gasteiger partial charge in [-0.25, -0.2) is 0 Å². The Balaban J connectivity index is 2.66. The summed E-state index contributed by atoms with van der Waals surface area (Å²) in [5.74, 6) is 0.616. The Hall–Kier alpha value is -2.01. The van der Waals surface area contributed by atoms with E-state index < -0.39 is 11.7 Å². The summed E-state index contributed by atoms with van der Waals surface area (Å²) in [6, 6.07) is 8.85. The van der Waals surface area contributed by atoms with E-state index in [1.54, 1.807) is 25.1 Å². The van der Waals surface area contributed by atoms with Crippen molar-refractivity contribution in [2.45, 2.75) is 19.6 Å². The Bertz CT molecular complexity index is 650. The summed E-state index contributed by atoms with van der Waals surface area (Å²) >= 11 is 0. The maximum atomic E-state index is 13.1. The predicted molar refractivity (Wildman–Crippen MR) is 76.1 cm³/mol. The van der Waals surface area contributed by atoms with Gasteiger partial charge in [0.15, 0.2) is 0 Å². The molecule has 0 saturated carbocycles. The molecule has 2 N–H and O–H groups in total. The Morgan fingerprint density at radius 3 is 2.38 bits per heavy atom. The van der Waals surface area contributed by atoms with Crippen LogP contribution in [0.25, 0.3) is 11.1 Å². The zero-order valence-electron chi connectivity index (χ0n) is 11.8. The molecular formula is C16H16F3NO. The Morgan fingerprint density at radius 2 is 1.81 bits per heavy atom. The fourth-order valence-corrected chi connectivity index (χ4v) is 2.43. The molecular weight excluding hydrogens is 279 g/mol. The van der Waals surface area contributed by atoms with E-state index in [0.29, 0.717) is 16.9 Å². The van der Waals surface area contributed by atoms with Crippen LogP contribution in [0.1, 0.15) is 16.7 Å². The maximum absolute atomic E-state index is 13.1. The predicted octanol–water partition coefficient (Wildman–Crippen LogP) is 4.15. The second-order valence-corrected chi connectivity index (χ2v) is 4.73. The van der Waals surface area contributed by atoms with Crippen LogP contribution in [0, 0.1) is 6.92 Å². The molecule has 0 radical (unpaired) electrons. The first kappa shape index (κ1) is 15.4. The van der Waals surface area contributed by atoms with Crippen molar-refractivity contribution in [3.8, 4) is 16.9 Å². The van der Waals surface area contributed by atoms with Crippen LogP contribution in [0.4, 0.5) is 13.2 Å². The number of ether oxygens (including phenoxy) is 1. The lowest BCUT2D eigenvalue weighted by atomic mass is 9.95. The van der Waals surface area contributed by atoms with Crippen molar-refractivity contribution in [3.63, 3.8) is 0 Å². The van der Waals surface area contributed by atoms with Gasteiger partial charge in [-0.3, -0.25) is 0 Å². The van der Waals surface area contributed by atoms with Gasteiger partial charge in [0.05, 0.1) is 12.7 Å². The number of hydrogen-bond donors (Lipinski definition) is 1. The second kappa shape index (κ2) is 5.77. The zero-order valence-corrected chi connectivity index (χ0v) is 11.8. The fourth-order valence-electron chi connectivity index (χ4n) is 2.43. The molecule has 0 bridgehead atoms. The van der Waals surface area contributed by atoms with Crippen molar-refractivity contribution in [3.05, 3.63) is 53.1 Å². The van der Waals surface area contributed by atoms with Crippen molar-refractivity contribution >= 4 is 0 Å². The molecule has 0 saturated heterocycles. The number of benzene rings is 2. The van der Waals surface area contributed by atoms with Crippen LogP contribution in [0.5, 0.6) is 5.75 Å². The standard InChI is InChI=1S/C16H16F3NO/c1-10-7-11(8-12(9-20)15(10)21-2)13-5-3-4-6-14(13)16(17,18)19/h3-8H,9,20H2,1-2H3. The number of alkyl halides is 3. The molecule has 21 heavy (non-hydrogen) atoms. The summed E-state index contributed by atoms with van der Waals surface area (Å²) in [7, 11) is 1.52. The van der Waals surface area contributed by atoms with Crippen molar-refractivity contribution in [1.82, 2.24) is 0 Å². The van der Waals surface area contributed by atoms with E-state index in [0.717, 1.165) is 11.6 Å². The van der Waals surface area contributed by atoms with Gasteiger partial charge >= 0.3 is 6.18 Å². The minimum Gasteiger partial charge on any atom is -0.496 e. The Labute approximate surface area is 121 Å². The van der Waals surface area contributed by atoms with Crippen molar-refractivity contribution in [1.29, 1.82) is 0 Å². The van der Waals surface area contributed by atoms with Crippen molar-refractivity contribution < 1.29 is 17.9 Å². The zero-order chi connectivity index (χ0) is 15.6. The first-order chi connectivity index (χ1) is 9.88. The molecule has 0 heterocycles. The van der Waals surface area contributed by atoms with Crippen LogP contribution in [0.3, 0.4) is 0 Å². The SMILES string of the molecule is COc1c(C)cc(-c2ccccc2C(F)(F)F)cc1CN. The molecule has 0 amide bonds. The Morgan fingerprint density at radius 1 is 1.14 bits per heavy atom. The van der Waals surface area contributed by atoms with E-state index in [-0.39, 0.29) is 12.1 Å². The van der Waals surface area contributed by atoms with Crippen LogP contribution in [-0.4, -0.2) is 7.11 Å². The summed E-state index contributed by atoms with van der Waals surface area (Å²) in [5, 5.41) is 0. The highest BCUT2D eigenvalue weighted by Gasteiger charge is 2.33. The molecule has 0 aliphatic carbocycles. The summed E-state index contributed by atoms with van der Waals surface area (Å²) < 4.78 is 44.6. The number of rotatable bonds is 3. The third-order valence-corrected chi connectivity index (χ3v) is 3.32. The first-order valence-electron chi connectivity index (χ1n) is 6.42. The van der Waals surface area contributed by atoms with E-state index in [1.165, 1.54) is 19.2 Å². The molecule has 2 nitrogen and oxygen atoms in total. The molecule has 0 fully saturated rings. The van der Waals surface area contributed by atoms with Crippen LogP contribution in [0.15, 0.2) is 36.4 Å². The molecule has 5 heteroatoms. The molecule has 2 rings (SSSR count). The third kappa shape index (κ3) is 3.03. The molecule has 2 aromatic rings. The average Bonchev–Trinajstić information content (AvgIpc) is 2.45. The lowest BCUT2D eigenvalue weighted by Gasteiger charge is -2.16.